The quantitative estimate of drug-likeness (QED) is 0.720. The molecule has 5 rings (SSSR count). The Hall–Kier alpha value is -2.74. The molecule has 1 atom stereocenters. The molecule has 1 aliphatic heterocycles. The first-order chi connectivity index (χ1) is 15.2. The van der Waals surface area contributed by atoms with Gasteiger partial charge in [0, 0.05) is 36.0 Å². The van der Waals surface area contributed by atoms with Gasteiger partial charge in [0.15, 0.2) is 5.66 Å². The van der Waals surface area contributed by atoms with Crippen LogP contribution in [-0.2, 0) is 23.0 Å². The Morgan fingerprint density at radius 3 is 2.44 bits per heavy atom. The molecule has 1 aromatic heterocycles. The molecule has 1 saturated carbocycles. The second-order valence-corrected chi connectivity index (χ2v) is 9.09. The number of hydrogen-bond acceptors (Lipinski definition) is 5. The molecule has 8 heteroatoms. The summed E-state index contributed by atoms with van der Waals surface area (Å²) in [6, 6.07) is 6.93. The number of ether oxygens (including phenoxy) is 1. The van der Waals surface area contributed by atoms with Crippen LogP contribution >= 0.6 is 0 Å². The lowest BCUT2D eigenvalue weighted by Crippen LogP contribution is -2.43. The van der Waals surface area contributed by atoms with E-state index in [-0.39, 0.29) is 11.5 Å². The molecule has 3 aliphatic rings. The van der Waals surface area contributed by atoms with Gasteiger partial charge in [-0.05, 0) is 62.3 Å². The van der Waals surface area contributed by atoms with E-state index < -0.39 is 17.4 Å². The van der Waals surface area contributed by atoms with Crippen molar-refractivity contribution in [2.75, 3.05) is 7.11 Å². The van der Waals surface area contributed by atoms with Gasteiger partial charge in [-0.2, -0.15) is 13.2 Å². The summed E-state index contributed by atoms with van der Waals surface area (Å²) in [6.07, 6.45) is 2.52. The van der Waals surface area contributed by atoms with Crippen LogP contribution in [0.15, 0.2) is 46.6 Å². The SMILES string of the molecule is COC1CCC2(CC1)Cc1ccc(-c3cncc(C(F)(F)F)c3)cc1[C@@]21N=C(C)C(N)=N1. The molecule has 0 unspecified atom stereocenters. The number of alkyl halides is 3. The van der Waals surface area contributed by atoms with Gasteiger partial charge in [-0.1, -0.05) is 12.1 Å². The number of benzene rings is 1. The monoisotopic (exact) mass is 442 g/mol. The third-order valence-corrected chi connectivity index (χ3v) is 7.36. The van der Waals surface area contributed by atoms with Crippen LogP contribution in [0.3, 0.4) is 0 Å². The van der Waals surface area contributed by atoms with Crippen LogP contribution in [0.1, 0.15) is 49.3 Å². The summed E-state index contributed by atoms with van der Waals surface area (Å²) in [6.45, 7) is 1.86. The van der Waals surface area contributed by atoms with Crippen LogP contribution < -0.4 is 5.73 Å². The summed E-state index contributed by atoms with van der Waals surface area (Å²) in [7, 11) is 1.74. The maximum atomic E-state index is 13.2. The van der Waals surface area contributed by atoms with Gasteiger partial charge in [-0.3, -0.25) is 9.98 Å². The van der Waals surface area contributed by atoms with E-state index in [4.69, 9.17) is 20.5 Å². The topological polar surface area (TPSA) is 72.9 Å². The summed E-state index contributed by atoms with van der Waals surface area (Å²) < 4.78 is 45.3. The van der Waals surface area contributed by atoms with Gasteiger partial charge in [-0.15, -0.1) is 0 Å². The fourth-order valence-corrected chi connectivity index (χ4v) is 5.60. The molecule has 0 saturated heterocycles. The van der Waals surface area contributed by atoms with E-state index in [1.165, 1.54) is 6.20 Å². The highest BCUT2D eigenvalue weighted by Crippen LogP contribution is 2.62. The van der Waals surface area contributed by atoms with Crippen molar-refractivity contribution in [1.82, 2.24) is 4.98 Å². The highest BCUT2D eigenvalue weighted by Gasteiger charge is 2.60. The maximum Gasteiger partial charge on any atom is 0.417 e. The Morgan fingerprint density at radius 2 is 1.81 bits per heavy atom. The smallest absolute Gasteiger partial charge is 0.382 e. The van der Waals surface area contributed by atoms with Crippen LogP contribution in [0, 0.1) is 5.41 Å². The van der Waals surface area contributed by atoms with E-state index in [1.54, 1.807) is 7.11 Å². The minimum atomic E-state index is -4.45. The van der Waals surface area contributed by atoms with Gasteiger partial charge in [-0.25, -0.2) is 4.99 Å². The van der Waals surface area contributed by atoms with Gasteiger partial charge in [0.25, 0.3) is 0 Å². The van der Waals surface area contributed by atoms with E-state index in [1.807, 2.05) is 25.1 Å². The Kier molecular flexibility index (Phi) is 4.71. The second-order valence-electron chi connectivity index (χ2n) is 9.09. The number of fused-ring (bicyclic) bond motifs is 3. The molecule has 2 N–H and O–H groups in total. The summed E-state index contributed by atoms with van der Waals surface area (Å²) in [5.74, 6) is 0.428. The van der Waals surface area contributed by atoms with Crippen molar-refractivity contribution >= 4 is 11.5 Å². The van der Waals surface area contributed by atoms with E-state index in [9.17, 15) is 13.2 Å². The van der Waals surface area contributed by atoms with Crippen LogP contribution in [0.25, 0.3) is 11.1 Å². The summed E-state index contributed by atoms with van der Waals surface area (Å²) in [4.78, 5) is 13.8. The number of aliphatic imine (C=N–C) groups is 2. The number of nitrogens with zero attached hydrogens (tertiary/aromatic N) is 3. The van der Waals surface area contributed by atoms with Crippen molar-refractivity contribution in [3.63, 3.8) is 0 Å². The zero-order valence-corrected chi connectivity index (χ0v) is 18.0. The zero-order valence-electron chi connectivity index (χ0n) is 18.0. The van der Waals surface area contributed by atoms with Gasteiger partial charge >= 0.3 is 6.18 Å². The lowest BCUT2D eigenvalue weighted by molar-refractivity contribution is -0.137. The van der Waals surface area contributed by atoms with Crippen molar-refractivity contribution < 1.29 is 17.9 Å². The van der Waals surface area contributed by atoms with Gasteiger partial charge in [0.2, 0.25) is 0 Å². The molecule has 1 fully saturated rings. The number of methoxy groups -OCH3 is 1. The Balaban J connectivity index is 1.62. The highest BCUT2D eigenvalue weighted by atomic mass is 19.4. The van der Waals surface area contributed by atoms with Gasteiger partial charge < -0.3 is 10.5 Å². The summed E-state index contributed by atoms with van der Waals surface area (Å²) >= 11 is 0. The van der Waals surface area contributed by atoms with Crippen LogP contribution in [-0.4, -0.2) is 29.7 Å². The minimum absolute atomic E-state index is 0.211. The third kappa shape index (κ3) is 3.07. The molecule has 2 spiro atoms. The molecule has 2 aliphatic carbocycles. The Bertz CT molecular complexity index is 1110. The fraction of sp³-hybridized carbons (Fsp3) is 0.458. The van der Waals surface area contributed by atoms with E-state index >= 15 is 0 Å². The minimum Gasteiger partial charge on any atom is -0.382 e. The summed E-state index contributed by atoms with van der Waals surface area (Å²) in [5, 5.41) is 0. The number of halogens is 3. The number of hydrogen-bond donors (Lipinski definition) is 1. The molecule has 32 heavy (non-hydrogen) atoms. The molecule has 0 amide bonds. The number of rotatable bonds is 2. The van der Waals surface area contributed by atoms with E-state index in [2.05, 4.69) is 4.98 Å². The Labute approximate surface area is 184 Å². The molecule has 0 bridgehead atoms. The molecular formula is C24H25F3N4O. The standard InChI is InChI=1S/C24H25F3N4O/c1-14-21(28)31-23(30-14)20-10-15(17-9-18(13-29-12-17)24(25,26)27)3-4-16(20)11-22(23)7-5-19(32-2)6-8-22/h3-4,9-10,12-13,19H,5-8,11H2,1-2H3,(H2,28,31)/t19?,22?,23-/m0/s1. The number of amidine groups is 1. The normalized spacial score (nSPS) is 29.3. The maximum absolute atomic E-state index is 13.2. The first-order valence-electron chi connectivity index (χ1n) is 10.8. The molecule has 5 nitrogen and oxygen atoms in total. The third-order valence-electron chi connectivity index (χ3n) is 7.36. The zero-order chi connectivity index (χ0) is 22.7. The molecule has 0 radical (unpaired) electrons. The highest BCUT2D eigenvalue weighted by molar-refractivity contribution is 6.41. The molecular weight excluding hydrogens is 417 g/mol. The van der Waals surface area contributed by atoms with Crippen LogP contribution in [0.5, 0.6) is 0 Å². The van der Waals surface area contributed by atoms with Crippen molar-refractivity contribution in [3.05, 3.63) is 53.3 Å². The average molecular weight is 442 g/mol. The molecule has 2 aromatic rings. The van der Waals surface area contributed by atoms with E-state index in [0.717, 1.165) is 55.5 Å². The summed E-state index contributed by atoms with van der Waals surface area (Å²) in [5.41, 5.74) is 8.24. The number of aromatic nitrogens is 1. The Morgan fingerprint density at radius 1 is 1.06 bits per heavy atom. The lowest BCUT2D eigenvalue weighted by atomic mass is 9.65. The van der Waals surface area contributed by atoms with Crippen LogP contribution in [0.4, 0.5) is 13.2 Å². The lowest BCUT2D eigenvalue weighted by Gasteiger charge is -2.44. The van der Waals surface area contributed by atoms with Crippen molar-refractivity contribution in [2.45, 2.75) is 57.0 Å². The average Bonchev–Trinajstić information content (AvgIpc) is 3.21. The number of nitrogens with two attached hydrogens (primary N) is 1. The predicted molar refractivity (Wildman–Crippen MR) is 116 cm³/mol. The van der Waals surface area contributed by atoms with Gasteiger partial charge in [0.05, 0.1) is 17.4 Å². The van der Waals surface area contributed by atoms with E-state index in [0.29, 0.717) is 22.7 Å². The van der Waals surface area contributed by atoms with Crippen molar-refractivity contribution in [1.29, 1.82) is 0 Å². The first-order valence-corrected chi connectivity index (χ1v) is 10.8. The largest absolute Gasteiger partial charge is 0.417 e. The second kappa shape index (κ2) is 7.13. The van der Waals surface area contributed by atoms with Crippen molar-refractivity contribution in [2.24, 2.45) is 21.1 Å². The predicted octanol–water partition coefficient (Wildman–Crippen LogP) is 4.88. The molecule has 1 aromatic carbocycles. The molecule has 2 heterocycles. The van der Waals surface area contributed by atoms with Crippen molar-refractivity contribution in [3.8, 4) is 11.1 Å². The fourth-order valence-electron chi connectivity index (χ4n) is 5.60. The molecule has 168 valence electrons. The number of pyridine rings is 1. The van der Waals surface area contributed by atoms with Crippen LogP contribution in [0.2, 0.25) is 0 Å². The van der Waals surface area contributed by atoms with Gasteiger partial charge in [0.1, 0.15) is 5.84 Å². The first kappa shape index (κ1) is 21.1.